The van der Waals surface area contributed by atoms with Crippen molar-refractivity contribution in [2.45, 2.75) is 25.3 Å². The van der Waals surface area contributed by atoms with Crippen LogP contribution in [0.4, 0.5) is 0 Å². The molecule has 1 aliphatic carbocycles. The van der Waals surface area contributed by atoms with Crippen molar-refractivity contribution in [1.82, 2.24) is 10.6 Å². The largest absolute Gasteiger partial charge is 0.508 e. The van der Waals surface area contributed by atoms with Crippen LogP contribution in [0.3, 0.4) is 0 Å². The summed E-state index contributed by atoms with van der Waals surface area (Å²) in [6.07, 6.45) is 3.10. The van der Waals surface area contributed by atoms with Gasteiger partial charge in [0, 0.05) is 6.04 Å². The number of hydrogen-bond acceptors (Lipinski definition) is 4. The van der Waals surface area contributed by atoms with Gasteiger partial charge < -0.3 is 20.8 Å². The van der Waals surface area contributed by atoms with E-state index >= 15 is 0 Å². The van der Waals surface area contributed by atoms with Gasteiger partial charge in [-0.3, -0.25) is 4.79 Å². The number of hydrogen-bond donors (Lipinski definition) is 4. The quantitative estimate of drug-likeness (QED) is 0.612. The van der Waals surface area contributed by atoms with E-state index in [0.29, 0.717) is 5.92 Å². The first-order valence-electron chi connectivity index (χ1n) is 7.17. The fourth-order valence-electron chi connectivity index (χ4n) is 3.40. The highest BCUT2D eigenvalue weighted by Crippen LogP contribution is 2.33. The van der Waals surface area contributed by atoms with Crippen molar-refractivity contribution < 1.29 is 15.0 Å². The van der Waals surface area contributed by atoms with Gasteiger partial charge >= 0.3 is 0 Å². The van der Waals surface area contributed by atoms with E-state index in [1.165, 1.54) is 18.2 Å². The summed E-state index contributed by atoms with van der Waals surface area (Å²) in [4.78, 5) is 12.2. The lowest BCUT2D eigenvalue weighted by Crippen LogP contribution is -2.40. The van der Waals surface area contributed by atoms with E-state index < -0.39 is 0 Å². The first-order chi connectivity index (χ1) is 9.63. The first kappa shape index (κ1) is 13.2. The summed E-state index contributed by atoms with van der Waals surface area (Å²) in [5, 5.41) is 25.5. The summed E-state index contributed by atoms with van der Waals surface area (Å²) in [6, 6.07) is 4.15. The fraction of sp³-hybridized carbons (Fsp3) is 0.533. The van der Waals surface area contributed by atoms with Crippen LogP contribution in [0.25, 0.3) is 0 Å². The second-order valence-electron chi connectivity index (χ2n) is 5.86. The van der Waals surface area contributed by atoms with Gasteiger partial charge in [-0.25, -0.2) is 0 Å². The van der Waals surface area contributed by atoms with Gasteiger partial charge in [0.25, 0.3) is 5.91 Å². The summed E-state index contributed by atoms with van der Waals surface area (Å²) >= 11 is 0. The van der Waals surface area contributed by atoms with E-state index in [4.69, 9.17) is 0 Å². The summed E-state index contributed by atoms with van der Waals surface area (Å²) in [6.45, 7) is 2.13. The van der Waals surface area contributed by atoms with Crippen LogP contribution in [0.1, 0.15) is 29.6 Å². The molecular formula is C15H20N2O3. The second kappa shape index (κ2) is 5.32. The highest BCUT2D eigenvalue weighted by atomic mass is 16.3. The topological polar surface area (TPSA) is 81.6 Å². The SMILES string of the molecule is O=C(NC1CC[C@H]2CNC[C@H]2C1)c1cc(O)ccc1O. The number of carbonyl (C=O) groups excluding carboxylic acids is 1. The van der Waals surface area contributed by atoms with Gasteiger partial charge in [0.1, 0.15) is 11.5 Å². The van der Waals surface area contributed by atoms with Gasteiger partial charge in [-0.1, -0.05) is 0 Å². The highest BCUT2D eigenvalue weighted by molar-refractivity contribution is 5.97. The molecule has 0 bridgehead atoms. The van der Waals surface area contributed by atoms with Crippen molar-refractivity contribution in [3.63, 3.8) is 0 Å². The molecule has 1 saturated carbocycles. The maximum atomic E-state index is 12.2. The summed E-state index contributed by atoms with van der Waals surface area (Å²) < 4.78 is 0. The lowest BCUT2D eigenvalue weighted by Gasteiger charge is -2.31. The van der Waals surface area contributed by atoms with Crippen LogP contribution in [-0.2, 0) is 0 Å². The maximum Gasteiger partial charge on any atom is 0.255 e. The number of aromatic hydroxyl groups is 2. The van der Waals surface area contributed by atoms with Gasteiger partial charge in [-0.15, -0.1) is 0 Å². The Labute approximate surface area is 118 Å². The fourth-order valence-corrected chi connectivity index (χ4v) is 3.40. The molecule has 1 saturated heterocycles. The molecule has 0 spiro atoms. The summed E-state index contributed by atoms with van der Waals surface area (Å²) in [7, 11) is 0. The van der Waals surface area contributed by atoms with Gasteiger partial charge in [-0.2, -0.15) is 0 Å². The molecule has 0 radical (unpaired) electrons. The predicted octanol–water partition coefficient (Wildman–Crippen LogP) is 1.22. The molecule has 108 valence electrons. The number of amides is 1. The number of benzene rings is 1. The molecule has 1 aromatic rings. The number of nitrogens with one attached hydrogen (secondary N) is 2. The second-order valence-corrected chi connectivity index (χ2v) is 5.86. The zero-order chi connectivity index (χ0) is 14.1. The van der Waals surface area contributed by atoms with E-state index in [9.17, 15) is 15.0 Å². The van der Waals surface area contributed by atoms with Crippen LogP contribution in [0.2, 0.25) is 0 Å². The van der Waals surface area contributed by atoms with Gasteiger partial charge in [0.05, 0.1) is 5.56 Å². The average Bonchev–Trinajstić information content (AvgIpc) is 2.89. The van der Waals surface area contributed by atoms with Gasteiger partial charge in [0.15, 0.2) is 0 Å². The third kappa shape index (κ3) is 2.58. The van der Waals surface area contributed by atoms with Crippen LogP contribution in [0.5, 0.6) is 11.5 Å². The average molecular weight is 276 g/mol. The van der Waals surface area contributed by atoms with E-state index in [2.05, 4.69) is 10.6 Å². The molecule has 1 aromatic carbocycles. The summed E-state index contributed by atoms with van der Waals surface area (Å²) in [5.74, 6) is 0.963. The Kier molecular flexibility index (Phi) is 3.53. The van der Waals surface area contributed by atoms with E-state index in [1.807, 2.05) is 0 Å². The van der Waals surface area contributed by atoms with E-state index in [0.717, 1.165) is 38.3 Å². The molecule has 4 N–H and O–H groups in total. The first-order valence-corrected chi connectivity index (χ1v) is 7.17. The standard InChI is InChI=1S/C15H20N2O3/c18-12-3-4-14(19)13(6-12)15(20)17-11-2-1-9-7-16-8-10(9)5-11/h3-4,6,9-11,16,18-19H,1-2,5,7-8H2,(H,17,20)/t9-,10+,11?/m0/s1. The monoisotopic (exact) mass is 276 g/mol. The minimum Gasteiger partial charge on any atom is -0.508 e. The highest BCUT2D eigenvalue weighted by Gasteiger charge is 2.34. The van der Waals surface area contributed by atoms with Gasteiger partial charge in [-0.05, 0) is 62.4 Å². The summed E-state index contributed by atoms with van der Waals surface area (Å²) in [5.41, 5.74) is 0.136. The van der Waals surface area contributed by atoms with Crippen molar-refractivity contribution in [3.05, 3.63) is 23.8 Å². The van der Waals surface area contributed by atoms with Crippen molar-refractivity contribution in [2.75, 3.05) is 13.1 Å². The van der Waals surface area contributed by atoms with Crippen LogP contribution in [0, 0.1) is 11.8 Å². The Balaban J connectivity index is 1.65. The van der Waals surface area contributed by atoms with Crippen molar-refractivity contribution in [1.29, 1.82) is 0 Å². The zero-order valence-electron chi connectivity index (χ0n) is 11.3. The van der Waals surface area contributed by atoms with Crippen LogP contribution in [-0.4, -0.2) is 35.3 Å². The molecule has 3 rings (SSSR count). The number of rotatable bonds is 2. The van der Waals surface area contributed by atoms with Gasteiger partial charge in [0.2, 0.25) is 0 Å². The zero-order valence-corrected chi connectivity index (χ0v) is 11.3. The number of phenolic OH excluding ortho intramolecular Hbond substituents is 2. The molecular weight excluding hydrogens is 256 g/mol. The Hall–Kier alpha value is -1.75. The molecule has 1 unspecified atom stereocenters. The Bertz CT molecular complexity index is 518. The van der Waals surface area contributed by atoms with Crippen LogP contribution >= 0.6 is 0 Å². The smallest absolute Gasteiger partial charge is 0.255 e. The third-order valence-corrected chi connectivity index (χ3v) is 4.51. The molecule has 1 heterocycles. The Morgan fingerprint density at radius 2 is 2.00 bits per heavy atom. The van der Waals surface area contributed by atoms with E-state index in [-0.39, 0.29) is 29.0 Å². The molecule has 2 fully saturated rings. The lowest BCUT2D eigenvalue weighted by molar-refractivity contribution is 0.0910. The molecule has 1 aliphatic heterocycles. The number of fused-ring (bicyclic) bond motifs is 1. The number of phenols is 2. The Morgan fingerprint density at radius 3 is 2.85 bits per heavy atom. The normalized spacial score (nSPS) is 28.9. The van der Waals surface area contributed by atoms with Crippen molar-refractivity contribution in [3.8, 4) is 11.5 Å². The molecule has 5 nitrogen and oxygen atoms in total. The van der Waals surface area contributed by atoms with Crippen LogP contribution in [0.15, 0.2) is 18.2 Å². The van der Waals surface area contributed by atoms with Crippen molar-refractivity contribution in [2.24, 2.45) is 11.8 Å². The predicted molar refractivity (Wildman–Crippen MR) is 74.7 cm³/mol. The molecule has 0 aromatic heterocycles. The molecule has 5 heteroatoms. The Morgan fingerprint density at radius 1 is 1.20 bits per heavy atom. The lowest BCUT2D eigenvalue weighted by atomic mass is 9.79. The molecule has 3 atom stereocenters. The maximum absolute atomic E-state index is 12.2. The minimum atomic E-state index is -0.312. The molecule has 20 heavy (non-hydrogen) atoms. The number of carbonyl (C=O) groups is 1. The van der Waals surface area contributed by atoms with Crippen LogP contribution < -0.4 is 10.6 Å². The molecule has 1 amide bonds. The van der Waals surface area contributed by atoms with E-state index in [1.54, 1.807) is 0 Å². The minimum absolute atomic E-state index is 0.0170. The molecule has 2 aliphatic rings. The third-order valence-electron chi connectivity index (χ3n) is 4.51. The van der Waals surface area contributed by atoms with Crippen molar-refractivity contribution >= 4 is 5.91 Å².